The average Bonchev–Trinajstić information content (AvgIpc) is 2.51. The van der Waals surface area contributed by atoms with E-state index in [4.69, 9.17) is 10.5 Å². The molecule has 0 unspecified atom stereocenters. The van der Waals surface area contributed by atoms with Gasteiger partial charge in [-0.2, -0.15) is 0 Å². The van der Waals surface area contributed by atoms with Crippen molar-refractivity contribution >= 4 is 45.0 Å². The molecule has 0 heterocycles. The zero-order valence-corrected chi connectivity index (χ0v) is 14.4. The lowest BCUT2D eigenvalue weighted by molar-refractivity contribution is -0.124. The lowest BCUT2D eigenvalue weighted by Gasteiger charge is -2.14. The van der Waals surface area contributed by atoms with Gasteiger partial charge in [0.05, 0.1) is 13.1 Å². The van der Waals surface area contributed by atoms with Crippen molar-refractivity contribution in [2.45, 2.75) is 5.92 Å². The van der Waals surface area contributed by atoms with Gasteiger partial charge < -0.3 is 15.8 Å². The number of halogens is 4. The third-order valence-corrected chi connectivity index (χ3v) is 3.48. The zero-order chi connectivity index (χ0) is 16.2. The van der Waals surface area contributed by atoms with E-state index in [0.29, 0.717) is 5.75 Å². The predicted molar refractivity (Wildman–Crippen MR) is 91.4 cm³/mol. The van der Waals surface area contributed by atoms with Gasteiger partial charge >= 0.3 is 0 Å². The fourth-order valence-corrected chi connectivity index (χ4v) is 2.16. The number of benzene rings is 2. The number of fused-ring (bicyclic) bond motifs is 1. The Hall–Kier alpha value is -1.44. The van der Waals surface area contributed by atoms with Gasteiger partial charge in [0.2, 0.25) is 0 Å². The Bertz CT molecular complexity index is 686. The summed E-state index contributed by atoms with van der Waals surface area (Å²) in [5, 5.41) is 4.07. The molecule has 2 rings (SSSR count). The molecule has 0 aliphatic carbocycles. The second-order valence-corrected chi connectivity index (χ2v) is 5.69. The van der Waals surface area contributed by atoms with Crippen LogP contribution >= 0.6 is 28.3 Å². The van der Waals surface area contributed by atoms with Crippen LogP contribution in [0.5, 0.6) is 5.75 Å². The van der Waals surface area contributed by atoms with Crippen molar-refractivity contribution in [2.75, 3.05) is 19.7 Å². The Morgan fingerprint density at radius 3 is 2.57 bits per heavy atom. The molecule has 0 bridgehead atoms. The Morgan fingerprint density at radius 1 is 1.22 bits per heavy atom. The lowest BCUT2D eigenvalue weighted by atomic mass is 10.1. The number of ether oxygens (including phenoxy) is 1. The summed E-state index contributed by atoms with van der Waals surface area (Å²) >= 11 is 3.39. The summed E-state index contributed by atoms with van der Waals surface area (Å²) in [6.07, 6.45) is 0. The van der Waals surface area contributed by atoms with Crippen molar-refractivity contribution in [1.82, 2.24) is 5.32 Å². The van der Waals surface area contributed by atoms with Crippen molar-refractivity contribution < 1.29 is 18.3 Å². The molecule has 2 aromatic carbocycles. The molecule has 0 spiro atoms. The average molecular weight is 410 g/mol. The molecular formula is C15H16BrClF2N2O2. The zero-order valence-electron chi connectivity index (χ0n) is 12.0. The van der Waals surface area contributed by atoms with Gasteiger partial charge in [-0.15, -0.1) is 12.4 Å². The van der Waals surface area contributed by atoms with E-state index < -0.39 is 24.9 Å². The second kappa shape index (κ2) is 8.42. The Labute approximate surface area is 146 Å². The summed E-state index contributed by atoms with van der Waals surface area (Å²) in [6.45, 7) is -1.94. The standard InChI is InChI=1S/C15H15BrF2N2O2.ClH/c16-12-3-1-11-6-13(4-2-10(11)5-12)22-7-14(21)20-9-15(17,18)8-19;/h1-6H,7-9,19H2,(H,20,21);1H. The number of nitrogens with one attached hydrogen (secondary N) is 1. The van der Waals surface area contributed by atoms with Gasteiger partial charge in [0, 0.05) is 4.47 Å². The van der Waals surface area contributed by atoms with E-state index in [1.54, 1.807) is 12.1 Å². The summed E-state index contributed by atoms with van der Waals surface area (Å²) in [6, 6.07) is 11.1. The Kier molecular flexibility index (Phi) is 7.18. The molecule has 0 saturated heterocycles. The third kappa shape index (κ3) is 5.93. The van der Waals surface area contributed by atoms with Crippen molar-refractivity contribution in [1.29, 1.82) is 0 Å². The fourth-order valence-electron chi connectivity index (χ4n) is 1.78. The molecular weight excluding hydrogens is 394 g/mol. The lowest BCUT2D eigenvalue weighted by Crippen LogP contribution is -2.43. The number of alkyl halides is 2. The van der Waals surface area contributed by atoms with Gasteiger partial charge in [0.25, 0.3) is 11.8 Å². The molecule has 4 nitrogen and oxygen atoms in total. The molecule has 23 heavy (non-hydrogen) atoms. The molecule has 8 heteroatoms. The monoisotopic (exact) mass is 408 g/mol. The third-order valence-electron chi connectivity index (χ3n) is 2.99. The molecule has 0 saturated carbocycles. The van der Waals surface area contributed by atoms with Crippen LogP contribution in [0.1, 0.15) is 0 Å². The van der Waals surface area contributed by atoms with Crippen LogP contribution < -0.4 is 15.8 Å². The number of rotatable bonds is 6. The van der Waals surface area contributed by atoms with Gasteiger partial charge in [0.1, 0.15) is 5.75 Å². The smallest absolute Gasteiger partial charge is 0.277 e. The minimum absolute atomic E-state index is 0. The van der Waals surface area contributed by atoms with Crippen LogP contribution in [-0.4, -0.2) is 31.5 Å². The van der Waals surface area contributed by atoms with Crippen LogP contribution in [0.4, 0.5) is 8.78 Å². The molecule has 2 aromatic rings. The van der Waals surface area contributed by atoms with E-state index in [9.17, 15) is 13.6 Å². The van der Waals surface area contributed by atoms with Gasteiger partial charge in [-0.05, 0) is 35.0 Å². The Morgan fingerprint density at radius 2 is 1.87 bits per heavy atom. The van der Waals surface area contributed by atoms with Crippen LogP contribution in [0.25, 0.3) is 10.8 Å². The maximum absolute atomic E-state index is 12.9. The number of carbonyl (C=O) groups excluding carboxylic acids is 1. The summed E-state index contributed by atoms with van der Waals surface area (Å²) in [7, 11) is 0. The second-order valence-electron chi connectivity index (χ2n) is 4.78. The number of hydrogen-bond donors (Lipinski definition) is 2. The molecule has 0 radical (unpaired) electrons. The summed E-state index contributed by atoms with van der Waals surface area (Å²) in [5.74, 6) is -3.23. The van der Waals surface area contributed by atoms with E-state index in [2.05, 4.69) is 21.2 Å². The van der Waals surface area contributed by atoms with Crippen molar-refractivity contribution in [3.8, 4) is 5.75 Å². The molecule has 0 aliphatic heterocycles. The van der Waals surface area contributed by atoms with Crippen LogP contribution in [0.3, 0.4) is 0 Å². The molecule has 3 N–H and O–H groups in total. The first-order chi connectivity index (χ1) is 10.4. The van der Waals surface area contributed by atoms with Gasteiger partial charge in [-0.1, -0.05) is 28.1 Å². The minimum Gasteiger partial charge on any atom is -0.484 e. The summed E-state index contributed by atoms with van der Waals surface area (Å²) < 4.78 is 32.1. The molecule has 0 atom stereocenters. The number of amides is 1. The number of nitrogens with two attached hydrogens (primary N) is 1. The van der Waals surface area contributed by atoms with E-state index >= 15 is 0 Å². The quantitative estimate of drug-likeness (QED) is 0.770. The highest BCUT2D eigenvalue weighted by molar-refractivity contribution is 9.10. The first-order valence-electron chi connectivity index (χ1n) is 6.56. The van der Waals surface area contributed by atoms with Crippen molar-refractivity contribution in [3.05, 3.63) is 40.9 Å². The van der Waals surface area contributed by atoms with Crippen LogP contribution in [0.15, 0.2) is 40.9 Å². The van der Waals surface area contributed by atoms with Gasteiger partial charge in [-0.25, -0.2) is 8.78 Å². The SMILES string of the molecule is Cl.NCC(F)(F)CNC(=O)COc1ccc2cc(Br)ccc2c1. The van der Waals surface area contributed by atoms with Crippen LogP contribution in [0.2, 0.25) is 0 Å². The van der Waals surface area contributed by atoms with Crippen molar-refractivity contribution in [2.24, 2.45) is 5.73 Å². The molecule has 126 valence electrons. The van der Waals surface area contributed by atoms with Gasteiger partial charge in [-0.3, -0.25) is 4.79 Å². The topological polar surface area (TPSA) is 64.3 Å². The minimum atomic E-state index is -3.11. The van der Waals surface area contributed by atoms with E-state index in [-0.39, 0.29) is 19.0 Å². The van der Waals surface area contributed by atoms with Crippen molar-refractivity contribution in [3.63, 3.8) is 0 Å². The fraction of sp³-hybridized carbons (Fsp3) is 0.267. The van der Waals surface area contributed by atoms with E-state index in [0.717, 1.165) is 15.2 Å². The first kappa shape index (κ1) is 19.6. The normalized spacial score (nSPS) is 11.0. The number of carbonyl (C=O) groups is 1. The Balaban J connectivity index is 0.00000264. The molecule has 0 aliphatic rings. The summed E-state index contributed by atoms with van der Waals surface area (Å²) in [4.78, 5) is 11.5. The largest absolute Gasteiger partial charge is 0.484 e. The molecule has 1 amide bonds. The first-order valence-corrected chi connectivity index (χ1v) is 7.36. The highest BCUT2D eigenvalue weighted by atomic mass is 79.9. The maximum Gasteiger partial charge on any atom is 0.277 e. The number of hydrogen-bond acceptors (Lipinski definition) is 3. The van der Waals surface area contributed by atoms with E-state index in [1.165, 1.54) is 0 Å². The highest BCUT2D eigenvalue weighted by Crippen LogP contribution is 2.24. The van der Waals surface area contributed by atoms with Crippen LogP contribution in [0, 0.1) is 0 Å². The molecule has 0 fully saturated rings. The highest BCUT2D eigenvalue weighted by Gasteiger charge is 2.27. The van der Waals surface area contributed by atoms with Gasteiger partial charge in [0.15, 0.2) is 6.61 Å². The van der Waals surface area contributed by atoms with Crippen LogP contribution in [-0.2, 0) is 4.79 Å². The maximum atomic E-state index is 12.9. The predicted octanol–water partition coefficient (Wildman–Crippen LogP) is 3.11. The van der Waals surface area contributed by atoms with E-state index in [1.807, 2.05) is 24.3 Å². The molecule has 0 aromatic heterocycles. The summed E-state index contributed by atoms with van der Waals surface area (Å²) in [5.41, 5.74) is 4.89.